The van der Waals surface area contributed by atoms with Gasteiger partial charge in [0.15, 0.2) is 5.60 Å². The molecule has 0 saturated heterocycles. The molecule has 4 aromatic rings. The normalized spacial score (nSPS) is 12.0. The van der Waals surface area contributed by atoms with Gasteiger partial charge in [-0.05, 0) is 87.8 Å². The second-order valence-electron chi connectivity index (χ2n) is 11.2. The molecular formula is C34H38F3N3O4. The van der Waals surface area contributed by atoms with E-state index in [1.807, 2.05) is 67.2 Å². The van der Waals surface area contributed by atoms with Gasteiger partial charge in [0.05, 0.1) is 37.2 Å². The van der Waals surface area contributed by atoms with Gasteiger partial charge in [-0.2, -0.15) is 18.3 Å². The molecule has 0 aliphatic heterocycles. The van der Waals surface area contributed by atoms with Gasteiger partial charge in [-0.25, -0.2) is 4.79 Å². The molecule has 0 aliphatic carbocycles. The van der Waals surface area contributed by atoms with Crippen molar-refractivity contribution >= 4 is 5.97 Å². The predicted octanol–water partition coefficient (Wildman–Crippen LogP) is 7.29. The Morgan fingerprint density at radius 3 is 2.18 bits per heavy atom. The SMILES string of the molecule is CCOC(=O)C(C)(C)Oc1ccc(CN(C)Cc2cc(-c3ccc(C(F)(F)F)cc3)nn2Cc2ccc(OC)cc2)cc1C. The first kappa shape index (κ1) is 32.6. The summed E-state index contributed by atoms with van der Waals surface area (Å²) in [4.78, 5) is 14.4. The Morgan fingerprint density at radius 1 is 0.932 bits per heavy atom. The molecule has 0 aliphatic rings. The van der Waals surface area contributed by atoms with Crippen LogP contribution in [0, 0.1) is 6.92 Å². The maximum Gasteiger partial charge on any atom is 0.416 e. The van der Waals surface area contributed by atoms with Crippen molar-refractivity contribution in [1.82, 2.24) is 14.7 Å². The number of aromatic nitrogens is 2. The maximum atomic E-state index is 13.1. The highest BCUT2D eigenvalue weighted by molar-refractivity contribution is 5.79. The molecule has 44 heavy (non-hydrogen) atoms. The van der Waals surface area contributed by atoms with Gasteiger partial charge in [0.25, 0.3) is 0 Å². The fraction of sp³-hybridized carbons (Fsp3) is 0.353. The summed E-state index contributed by atoms with van der Waals surface area (Å²) in [6.45, 7) is 8.96. The van der Waals surface area contributed by atoms with E-state index in [4.69, 9.17) is 19.3 Å². The number of benzene rings is 3. The van der Waals surface area contributed by atoms with Crippen LogP contribution in [0.4, 0.5) is 13.2 Å². The first-order valence-corrected chi connectivity index (χ1v) is 14.3. The van der Waals surface area contributed by atoms with Crippen LogP contribution in [0.15, 0.2) is 72.8 Å². The first-order valence-electron chi connectivity index (χ1n) is 14.3. The Labute approximate surface area is 256 Å². The van der Waals surface area contributed by atoms with E-state index >= 15 is 0 Å². The minimum absolute atomic E-state index is 0.278. The standard InChI is InChI=1S/C34H38F3N3O4/c1-7-43-32(41)33(3,4)44-31-17-10-25(18-23(31)2)20-39(5)22-28-19-30(26-11-13-27(14-12-26)34(35,36)37)38-40(28)21-24-8-15-29(42-6)16-9-24/h8-19H,7,20-22H2,1-6H3. The van der Waals surface area contributed by atoms with Gasteiger partial charge in [-0.15, -0.1) is 0 Å². The number of carbonyl (C=O) groups is 1. The number of hydrogen-bond acceptors (Lipinski definition) is 6. The molecule has 4 rings (SSSR count). The smallest absolute Gasteiger partial charge is 0.416 e. The van der Waals surface area contributed by atoms with Gasteiger partial charge in [0.2, 0.25) is 0 Å². The molecule has 0 bridgehead atoms. The first-order chi connectivity index (χ1) is 20.8. The number of halogens is 3. The lowest BCUT2D eigenvalue weighted by Gasteiger charge is -2.25. The molecule has 0 radical (unpaired) electrons. The van der Waals surface area contributed by atoms with Crippen molar-refractivity contribution in [3.05, 3.63) is 101 Å². The number of alkyl halides is 3. The average molecular weight is 610 g/mol. The minimum atomic E-state index is -4.40. The highest BCUT2D eigenvalue weighted by Gasteiger charge is 2.32. The quantitative estimate of drug-likeness (QED) is 0.157. The summed E-state index contributed by atoms with van der Waals surface area (Å²) in [7, 11) is 3.60. The maximum absolute atomic E-state index is 13.1. The van der Waals surface area contributed by atoms with Gasteiger partial charge in [-0.3, -0.25) is 9.58 Å². The number of rotatable bonds is 12. The summed E-state index contributed by atoms with van der Waals surface area (Å²) < 4.78 is 57.7. The molecule has 0 amide bonds. The van der Waals surface area contributed by atoms with Crippen LogP contribution in [0.5, 0.6) is 11.5 Å². The number of methoxy groups -OCH3 is 1. The Bertz CT molecular complexity index is 1560. The molecule has 0 spiro atoms. The summed E-state index contributed by atoms with van der Waals surface area (Å²) in [5.41, 5.74) is 3.24. The summed E-state index contributed by atoms with van der Waals surface area (Å²) >= 11 is 0. The van der Waals surface area contributed by atoms with Crippen LogP contribution in [0.2, 0.25) is 0 Å². The Hall–Kier alpha value is -4.31. The van der Waals surface area contributed by atoms with Crippen LogP contribution in [0.3, 0.4) is 0 Å². The predicted molar refractivity (Wildman–Crippen MR) is 162 cm³/mol. The van der Waals surface area contributed by atoms with E-state index in [-0.39, 0.29) is 6.61 Å². The number of hydrogen-bond donors (Lipinski definition) is 0. The van der Waals surface area contributed by atoms with E-state index < -0.39 is 23.3 Å². The van der Waals surface area contributed by atoms with Crippen LogP contribution in [0.25, 0.3) is 11.3 Å². The van der Waals surface area contributed by atoms with Crippen molar-refractivity contribution < 1.29 is 32.2 Å². The molecule has 0 unspecified atom stereocenters. The Kier molecular flexibility index (Phi) is 10.0. The molecule has 10 heteroatoms. The zero-order valence-electron chi connectivity index (χ0n) is 25.9. The molecule has 7 nitrogen and oxygen atoms in total. The van der Waals surface area contributed by atoms with E-state index in [1.165, 1.54) is 12.1 Å². The third-order valence-electron chi connectivity index (χ3n) is 7.12. The van der Waals surface area contributed by atoms with Gasteiger partial charge in [-0.1, -0.05) is 36.4 Å². The number of ether oxygens (including phenoxy) is 3. The lowest BCUT2D eigenvalue weighted by Crippen LogP contribution is -2.39. The Balaban J connectivity index is 1.54. The number of nitrogens with zero attached hydrogens (tertiary/aromatic N) is 3. The summed E-state index contributed by atoms with van der Waals surface area (Å²) in [6.07, 6.45) is -4.40. The largest absolute Gasteiger partial charge is 0.497 e. The van der Waals surface area contributed by atoms with Crippen molar-refractivity contribution in [2.24, 2.45) is 0 Å². The van der Waals surface area contributed by atoms with Crippen molar-refractivity contribution in [2.75, 3.05) is 20.8 Å². The van der Waals surface area contributed by atoms with E-state index in [0.29, 0.717) is 36.6 Å². The molecule has 3 aromatic carbocycles. The van der Waals surface area contributed by atoms with Gasteiger partial charge >= 0.3 is 12.1 Å². The minimum Gasteiger partial charge on any atom is -0.497 e. The zero-order chi connectivity index (χ0) is 32.1. The van der Waals surface area contributed by atoms with Crippen molar-refractivity contribution in [2.45, 2.75) is 59.1 Å². The summed E-state index contributed by atoms with van der Waals surface area (Å²) in [5.74, 6) is 0.925. The van der Waals surface area contributed by atoms with E-state index in [2.05, 4.69) is 4.90 Å². The van der Waals surface area contributed by atoms with Crippen molar-refractivity contribution in [3.8, 4) is 22.8 Å². The summed E-state index contributed by atoms with van der Waals surface area (Å²) in [6, 6.07) is 20.5. The van der Waals surface area contributed by atoms with Crippen LogP contribution < -0.4 is 9.47 Å². The fourth-order valence-corrected chi connectivity index (χ4v) is 4.78. The molecule has 1 heterocycles. The lowest BCUT2D eigenvalue weighted by atomic mass is 10.1. The van der Waals surface area contributed by atoms with Crippen molar-refractivity contribution in [3.63, 3.8) is 0 Å². The third kappa shape index (κ3) is 8.19. The van der Waals surface area contributed by atoms with Crippen LogP contribution in [-0.4, -0.2) is 47.0 Å². The summed E-state index contributed by atoms with van der Waals surface area (Å²) in [5, 5.41) is 4.78. The highest BCUT2D eigenvalue weighted by atomic mass is 19.4. The molecule has 1 aromatic heterocycles. The molecular weight excluding hydrogens is 571 g/mol. The monoisotopic (exact) mass is 609 g/mol. The number of carbonyl (C=O) groups excluding carboxylic acids is 1. The van der Waals surface area contributed by atoms with Crippen LogP contribution >= 0.6 is 0 Å². The number of esters is 1. The van der Waals surface area contributed by atoms with Crippen molar-refractivity contribution in [1.29, 1.82) is 0 Å². The lowest BCUT2D eigenvalue weighted by molar-refractivity contribution is -0.158. The third-order valence-corrected chi connectivity index (χ3v) is 7.12. The zero-order valence-corrected chi connectivity index (χ0v) is 25.9. The second-order valence-corrected chi connectivity index (χ2v) is 11.2. The molecule has 0 atom stereocenters. The number of aryl methyl sites for hydroxylation is 1. The molecule has 0 fully saturated rings. The van der Waals surface area contributed by atoms with E-state index in [1.54, 1.807) is 27.9 Å². The molecule has 0 N–H and O–H groups in total. The van der Waals surface area contributed by atoms with Gasteiger partial charge in [0.1, 0.15) is 11.5 Å². The van der Waals surface area contributed by atoms with Gasteiger partial charge in [0, 0.05) is 18.7 Å². The second kappa shape index (κ2) is 13.5. The Morgan fingerprint density at radius 2 is 1.59 bits per heavy atom. The van der Waals surface area contributed by atoms with Crippen LogP contribution in [-0.2, 0) is 35.3 Å². The van der Waals surface area contributed by atoms with Crippen LogP contribution in [0.1, 0.15) is 48.7 Å². The topological polar surface area (TPSA) is 65.8 Å². The highest BCUT2D eigenvalue weighted by Crippen LogP contribution is 2.31. The molecule has 0 saturated carbocycles. The van der Waals surface area contributed by atoms with E-state index in [9.17, 15) is 18.0 Å². The van der Waals surface area contributed by atoms with E-state index in [0.717, 1.165) is 40.3 Å². The molecule has 234 valence electrons. The van der Waals surface area contributed by atoms with Gasteiger partial charge < -0.3 is 14.2 Å². The fourth-order valence-electron chi connectivity index (χ4n) is 4.78. The average Bonchev–Trinajstić information content (AvgIpc) is 3.36.